The van der Waals surface area contributed by atoms with E-state index in [1.54, 1.807) is 0 Å². The lowest BCUT2D eigenvalue weighted by atomic mass is 10.0. The van der Waals surface area contributed by atoms with Gasteiger partial charge in [-0.25, -0.2) is 0 Å². The second-order valence-electron chi connectivity index (χ2n) is 2.45. The highest BCUT2D eigenvalue weighted by Gasteiger charge is 2.04. The van der Waals surface area contributed by atoms with E-state index >= 15 is 0 Å². The molecule has 0 aromatic carbocycles. The van der Waals surface area contributed by atoms with Gasteiger partial charge in [-0.05, 0) is 31.8 Å². The van der Waals surface area contributed by atoms with Crippen molar-refractivity contribution in [1.82, 2.24) is 5.32 Å². The molecule has 1 fully saturated rings. The Morgan fingerprint density at radius 2 is 2.25 bits per heavy atom. The van der Waals surface area contributed by atoms with E-state index in [2.05, 4.69) is 12.2 Å². The van der Waals surface area contributed by atoms with E-state index in [1.807, 2.05) is 0 Å². The first-order valence-electron chi connectivity index (χ1n) is 3.10. The average molecular weight is 126 g/mol. The summed E-state index contributed by atoms with van der Waals surface area (Å²) in [4.78, 5) is 0. The Morgan fingerprint density at radius 3 is 2.50 bits per heavy atom. The summed E-state index contributed by atoms with van der Waals surface area (Å²) in [5.74, 6) is 0.925. The Kier molecular flexibility index (Phi) is 4.65. The van der Waals surface area contributed by atoms with E-state index in [-0.39, 0.29) is 17.4 Å². The van der Waals surface area contributed by atoms with Crippen molar-refractivity contribution in [1.29, 1.82) is 0 Å². The molecule has 0 spiro atoms. The van der Waals surface area contributed by atoms with Crippen molar-refractivity contribution in [2.24, 2.45) is 5.92 Å². The van der Waals surface area contributed by atoms with Crippen molar-refractivity contribution in [3.63, 3.8) is 0 Å². The fourth-order valence-electron chi connectivity index (χ4n) is 1.03. The fourth-order valence-corrected chi connectivity index (χ4v) is 1.03. The number of hydrogen-bond donors (Lipinski definition) is 1. The summed E-state index contributed by atoms with van der Waals surface area (Å²) in [7, 11) is 0. The van der Waals surface area contributed by atoms with E-state index in [1.165, 1.54) is 25.9 Å². The molecule has 0 bridgehead atoms. The number of hydrogen-bond acceptors (Lipinski definition) is 1. The third-order valence-corrected chi connectivity index (χ3v) is 1.54. The normalized spacial score (nSPS) is 28.9. The summed E-state index contributed by atoms with van der Waals surface area (Å²) < 4.78 is 0. The summed E-state index contributed by atoms with van der Waals surface area (Å²) in [6.45, 7) is 4.77. The molecule has 0 aromatic heterocycles. The third kappa shape index (κ3) is 2.72. The number of rotatable bonds is 0. The van der Waals surface area contributed by atoms with Crippen LogP contribution in [-0.4, -0.2) is 30.5 Å². The van der Waals surface area contributed by atoms with Gasteiger partial charge < -0.3 is 5.32 Å². The molecule has 1 rings (SSSR count). The van der Waals surface area contributed by atoms with Gasteiger partial charge in [0.1, 0.15) is 0 Å². The lowest BCUT2D eigenvalue weighted by molar-refractivity contribution is 0.405. The van der Waals surface area contributed by atoms with Crippen LogP contribution in [0.4, 0.5) is 0 Å². The molecule has 1 aliphatic heterocycles. The Bertz CT molecular complexity index is 50.5. The molecule has 3 radical (unpaired) electrons. The van der Waals surface area contributed by atoms with Crippen LogP contribution < -0.4 is 5.32 Å². The zero-order valence-electron chi connectivity index (χ0n) is 5.48. The molecule has 0 saturated carbocycles. The highest BCUT2D eigenvalue weighted by molar-refractivity contribution is 5.75. The van der Waals surface area contributed by atoms with E-state index in [4.69, 9.17) is 0 Å². The Hall–Kier alpha value is 0.492. The number of piperidine rings is 1. The minimum absolute atomic E-state index is 0. The molecule has 1 heterocycles. The Labute approximate surface area is 62.0 Å². The van der Waals surface area contributed by atoms with Gasteiger partial charge in [-0.2, -0.15) is 0 Å². The lowest BCUT2D eigenvalue weighted by Crippen LogP contribution is -2.27. The van der Waals surface area contributed by atoms with Crippen molar-refractivity contribution in [3.05, 3.63) is 0 Å². The molecule has 8 heavy (non-hydrogen) atoms. The zero-order chi connectivity index (χ0) is 5.11. The van der Waals surface area contributed by atoms with Gasteiger partial charge in [0.25, 0.3) is 0 Å². The molecule has 1 N–H and O–H groups in total. The molecule has 0 aromatic rings. The van der Waals surface area contributed by atoms with Gasteiger partial charge in [0.05, 0.1) is 0 Å². The monoisotopic (exact) mass is 126 g/mol. The molecule has 1 aliphatic rings. The van der Waals surface area contributed by atoms with Gasteiger partial charge >= 0.3 is 0 Å². The van der Waals surface area contributed by atoms with E-state index in [0.717, 1.165) is 5.92 Å². The van der Waals surface area contributed by atoms with Crippen molar-refractivity contribution in [2.45, 2.75) is 19.8 Å². The van der Waals surface area contributed by atoms with Gasteiger partial charge in [0, 0.05) is 17.4 Å². The van der Waals surface area contributed by atoms with Gasteiger partial charge in [0.2, 0.25) is 0 Å². The van der Waals surface area contributed by atoms with Gasteiger partial charge in [-0.15, -0.1) is 0 Å². The Morgan fingerprint density at radius 1 is 1.50 bits per heavy atom. The fraction of sp³-hybridized carbons (Fsp3) is 1.00. The minimum atomic E-state index is 0. The molecule has 2 heteroatoms. The lowest BCUT2D eigenvalue weighted by Gasteiger charge is -2.17. The summed E-state index contributed by atoms with van der Waals surface area (Å²) in [6.07, 6.45) is 2.80. The maximum absolute atomic E-state index is 3.33. The third-order valence-electron chi connectivity index (χ3n) is 1.54. The van der Waals surface area contributed by atoms with Crippen LogP contribution in [0.2, 0.25) is 0 Å². The highest BCUT2D eigenvalue weighted by Crippen LogP contribution is 2.06. The van der Waals surface area contributed by atoms with Gasteiger partial charge in [-0.3, -0.25) is 0 Å². The maximum atomic E-state index is 3.33. The average Bonchev–Trinajstić information content (AvgIpc) is 1.69. The second kappa shape index (κ2) is 4.38. The summed E-state index contributed by atoms with van der Waals surface area (Å²) >= 11 is 0. The first-order valence-corrected chi connectivity index (χ1v) is 3.10. The van der Waals surface area contributed by atoms with Crippen molar-refractivity contribution < 1.29 is 0 Å². The highest BCUT2D eigenvalue weighted by atomic mass is 27.0. The largest absolute Gasteiger partial charge is 0.316 e. The molecular weight excluding hydrogens is 113 g/mol. The van der Waals surface area contributed by atoms with Gasteiger partial charge in [-0.1, -0.05) is 6.92 Å². The summed E-state index contributed by atoms with van der Waals surface area (Å²) in [6, 6.07) is 0. The molecule has 1 nitrogen and oxygen atoms in total. The molecule has 1 saturated heterocycles. The maximum Gasteiger partial charge on any atom is 0 e. The van der Waals surface area contributed by atoms with Crippen molar-refractivity contribution >= 4 is 17.4 Å². The van der Waals surface area contributed by atoms with Crippen LogP contribution in [0.25, 0.3) is 0 Å². The van der Waals surface area contributed by atoms with E-state index in [0.29, 0.717) is 0 Å². The summed E-state index contributed by atoms with van der Waals surface area (Å²) in [5, 5.41) is 3.33. The first-order chi connectivity index (χ1) is 3.39. The van der Waals surface area contributed by atoms with Crippen LogP contribution in [0, 0.1) is 5.92 Å². The Balaban J connectivity index is 0.000000490. The standard InChI is InChI=1S/C6H13N.Al/c1-6-3-2-4-7-5-6;/h6-7H,2-5H2,1H3;. The van der Waals surface area contributed by atoms with Crippen LogP contribution >= 0.6 is 0 Å². The predicted molar refractivity (Wildman–Crippen MR) is 37.0 cm³/mol. The second-order valence-corrected chi connectivity index (χ2v) is 2.45. The quantitative estimate of drug-likeness (QED) is 0.469. The molecule has 1 unspecified atom stereocenters. The minimum Gasteiger partial charge on any atom is -0.316 e. The van der Waals surface area contributed by atoms with Crippen LogP contribution in [0.5, 0.6) is 0 Å². The molecule has 0 amide bonds. The topological polar surface area (TPSA) is 12.0 Å². The molecular formula is C6H13AlN. The molecule has 45 valence electrons. The van der Waals surface area contributed by atoms with E-state index in [9.17, 15) is 0 Å². The van der Waals surface area contributed by atoms with Crippen LogP contribution in [0.15, 0.2) is 0 Å². The zero-order valence-corrected chi connectivity index (χ0v) is 6.64. The number of nitrogens with one attached hydrogen (secondary N) is 1. The first kappa shape index (κ1) is 8.49. The molecule has 1 atom stereocenters. The van der Waals surface area contributed by atoms with Crippen LogP contribution in [0.1, 0.15) is 19.8 Å². The van der Waals surface area contributed by atoms with Crippen LogP contribution in [-0.2, 0) is 0 Å². The van der Waals surface area contributed by atoms with Gasteiger partial charge in [0.15, 0.2) is 0 Å². The van der Waals surface area contributed by atoms with Crippen molar-refractivity contribution in [3.8, 4) is 0 Å². The van der Waals surface area contributed by atoms with E-state index < -0.39 is 0 Å². The smallest absolute Gasteiger partial charge is 0 e. The summed E-state index contributed by atoms with van der Waals surface area (Å²) in [5.41, 5.74) is 0. The van der Waals surface area contributed by atoms with Crippen LogP contribution in [0.3, 0.4) is 0 Å². The predicted octanol–water partition coefficient (Wildman–Crippen LogP) is 0.625. The SMILES string of the molecule is CC1CCCNC1.[Al]. The van der Waals surface area contributed by atoms with Crippen molar-refractivity contribution in [2.75, 3.05) is 13.1 Å². The molecule has 0 aliphatic carbocycles.